The highest BCUT2D eigenvalue weighted by Crippen LogP contribution is 2.36. The van der Waals surface area contributed by atoms with Gasteiger partial charge in [-0.3, -0.25) is 10.00 Å². The lowest BCUT2D eigenvalue weighted by Gasteiger charge is -2.33. The van der Waals surface area contributed by atoms with Crippen molar-refractivity contribution in [1.82, 2.24) is 20.1 Å². The average molecular weight is 579 g/mol. The van der Waals surface area contributed by atoms with Gasteiger partial charge in [0.1, 0.15) is 4.83 Å². The maximum Gasteiger partial charge on any atom is 0.393 e. The summed E-state index contributed by atoms with van der Waals surface area (Å²) in [5.74, 6) is 0. The molecule has 0 saturated carbocycles. The molecule has 7 nitrogen and oxygen atoms in total. The number of aromatic amines is 1. The van der Waals surface area contributed by atoms with Crippen molar-refractivity contribution in [2.75, 3.05) is 18.4 Å². The first kappa shape index (κ1) is 27.4. The van der Waals surface area contributed by atoms with E-state index in [9.17, 15) is 18.4 Å². The SMILES string of the molecule is N#CC1=Cc2cc(CN3CCC(Nc4c(COCc5ccn[nH]5)cnc5sc(CC(F)(F)F)cc45)CC3)ccc2C1. The smallest absolute Gasteiger partial charge is 0.381 e. The summed E-state index contributed by atoms with van der Waals surface area (Å²) >= 11 is 1.09. The molecule has 1 aromatic carbocycles. The van der Waals surface area contributed by atoms with Crippen molar-refractivity contribution in [3.05, 3.63) is 81.1 Å². The van der Waals surface area contributed by atoms with E-state index in [1.807, 2.05) is 12.1 Å². The fourth-order valence-corrected chi connectivity index (χ4v) is 6.57. The highest BCUT2D eigenvalue weighted by Gasteiger charge is 2.29. The Kier molecular flexibility index (Phi) is 7.79. The van der Waals surface area contributed by atoms with Gasteiger partial charge in [0, 0.05) is 65.9 Å². The Balaban J connectivity index is 1.14. The topological polar surface area (TPSA) is 89.9 Å². The predicted octanol–water partition coefficient (Wildman–Crippen LogP) is 6.38. The lowest BCUT2D eigenvalue weighted by atomic mass is 10.0. The van der Waals surface area contributed by atoms with Gasteiger partial charge in [0.2, 0.25) is 0 Å². The fraction of sp³-hybridized carbons (Fsp3) is 0.367. The number of benzene rings is 1. The minimum atomic E-state index is -4.27. The van der Waals surface area contributed by atoms with E-state index in [0.29, 0.717) is 23.2 Å². The molecule has 4 heterocycles. The van der Waals surface area contributed by atoms with Gasteiger partial charge in [-0.25, -0.2) is 4.98 Å². The average Bonchev–Trinajstić information content (AvgIpc) is 3.69. The normalized spacial score (nSPS) is 16.1. The summed E-state index contributed by atoms with van der Waals surface area (Å²) in [7, 11) is 0. The van der Waals surface area contributed by atoms with E-state index >= 15 is 0 Å². The van der Waals surface area contributed by atoms with Gasteiger partial charge < -0.3 is 10.1 Å². The lowest BCUT2D eigenvalue weighted by molar-refractivity contribution is -0.126. The van der Waals surface area contributed by atoms with Crippen LogP contribution in [-0.4, -0.2) is 45.4 Å². The van der Waals surface area contributed by atoms with Gasteiger partial charge in [-0.15, -0.1) is 11.3 Å². The third-order valence-corrected chi connectivity index (χ3v) is 8.59. The molecule has 11 heteroatoms. The number of piperidine rings is 1. The van der Waals surface area contributed by atoms with Crippen LogP contribution in [0.4, 0.5) is 18.9 Å². The van der Waals surface area contributed by atoms with E-state index < -0.39 is 12.6 Å². The molecule has 41 heavy (non-hydrogen) atoms. The number of fused-ring (bicyclic) bond motifs is 2. The second-order valence-corrected chi connectivity index (χ2v) is 11.8. The Morgan fingerprint density at radius 2 is 2.02 bits per heavy atom. The molecule has 0 radical (unpaired) electrons. The number of pyridine rings is 1. The van der Waals surface area contributed by atoms with Crippen molar-refractivity contribution in [1.29, 1.82) is 5.26 Å². The number of likely N-dealkylation sites (tertiary alicyclic amines) is 1. The van der Waals surface area contributed by atoms with E-state index in [0.717, 1.165) is 71.9 Å². The second kappa shape index (κ2) is 11.6. The number of alkyl halides is 3. The lowest BCUT2D eigenvalue weighted by Crippen LogP contribution is -2.38. The van der Waals surface area contributed by atoms with E-state index in [1.165, 1.54) is 11.1 Å². The number of rotatable bonds is 9. The maximum absolute atomic E-state index is 13.1. The number of ether oxygens (including phenoxy) is 1. The Bertz CT molecular complexity index is 1600. The van der Waals surface area contributed by atoms with Crippen molar-refractivity contribution in [3.63, 3.8) is 0 Å². The van der Waals surface area contributed by atoms with Crippen LogP contribution >= 0.6 is 11.3 Å². The summed E-state index contributed by atoms with van der Waals surface area (Å²) in [5, 5.41) is 20.4. The largest absolute Gasteiger partial charge is 0.393 e. The first-order chi connectivity index (χ1) is 19.8. The second-order valence-electron chi connectivity index (χ2n) is 10.6. The number of halogens is 3. The molecule has 212 valence electrons. The van der Waals surface area contributed by atoms with Gasteiger partial charge in [0.05, 0.1) is 37.1 Å². The van der Waals surface area contributed by atoms with Crippen molar-refractivity contribution < 1.29 is 17.9 Å². The Morgan fingerprint density at radius 1 is 1.17 bits per heavy atom. The number of nitrogens with one attached hydrogen (secondary N) is 2. The minimum Gasteiger partial charge on any atom is -0.381 e. The number of thiophene rings is 1. The molecule has 4 aromatic rings. The molecule has 0 unspecified atom stereocenters. The monoisotopic (exact) mass is 578 g/mol. The number of hydrogen-bond donors (Lipinski definition) is 2. The number of hydrogen-bond acceptors (Lipinski definition) is 7. The maximum atomic E-state index is 13.1. The van der Waals surface area contributed by atoms with Crippen LogP contribution < -0.4 is 5.32 Å². The zero-order valence-electron chi connectivity index (χ0n) is 22.3. The molecule has 3 aromatic heterocycles. The van der Waals surface area contributed by atoms with E-state index in [2.05, 4.69) is 49.7 Å². The third-order valence-electron chi connectivity index (χ3n) is 7.55. The molecule has 1 aliphatic carbocycles. The van der Waals surface area contributed by atoms with Crippen molar-refractivity contribution in [3.8, 4) is 6.07 Å². The van der Waals surface area contributed by atoms with Gasteiger partial charge in [0.25, 0.3) is 0 Å². The Morgan fingerprint density at radius 3 is 2.78 bits per heavy atom. The molecule has 1 fully saturated rings. The summed E-state index contributed by atoms with van der Waals surface area (Å²) in [4.78, 5) is 7.74. The number of H-pyrrole nitrogens is 1. The van der Waals surface area contributed by atoms with E-state index in [1.54, 1.807) is 18.5 Å². The third kappa shape index (κ3) is 6.62. The van der Waals surface area contributed by atoms with Crippen LogP contribution in [0.2, 0.25) is 0 Å². The summed E-state index contributed by atoms with van der Waals surface area (Å²) in [5.41, 5.74) is 6.84. The number of nitriles is 1. The summed E-state index contributed by atoms with van der Waals surface area (Å²) in [6, 6.07) is 12.3. The standard InChI is InChI=1S/C30H29F3N6OS/c31-30(32,33)13-26-12-27-28(23(15-35-29(27)41-26)17-40-18-25-3-6-36-38-25)37-24-4-7-39(8-5-24)16-19-1-2-21-10-20(14-34)11-22(21)9-19/h1-3,6,9,11-12,15,24H,4-5,7-8,10,13,16-18H2,(H,35,37)(H,36,38). The zero-order valence-corrected chi connectivity index (χ0v) is 23.1. The molecular weight excluding hydrogens is 549 g/mol. The summed E-state index contributed by atoms with van der Waals surface area (Å²) < 4.78 is 45.3. The van der Waals surface area contributed by atoms with Crippen molar-refractivity contribution >= 4 is 33.3 Å². The van der Waals surface area contributed by atoms with Crippen LogP contribution in [0, 0.1) is 11.3 Å². The number of aromatic nitrogens is 3. The zero-order chi connectivity index (χ0) is 28.4. The summed E-state index contributed by atoms with van der Waals surface area (Å²) in [6.07, 6.45) is 2.63. The van der Waals surface area contributed by atoms with Gasteiger partial charge >= 0.3 is 6.18 Å². The van der Waals surface area contributed by atoms with Crippen LogP contribution in [0.25, 0.3) is 16.3 Å². The first-order valence-electron chi connectivity index (χ1n) is 13.6. The van der Waals surface area contributed by atoms with E-state index in [4.69, 9.17) is 4.74 Å². The molecule has 0 spiro atoms. The highest BCUT2D eigenvalue weighted by molar-refractivity contribution is 7.18. The predicted molar refractivity (Wildman–Crippen MR) is 152 cm³/mol. The quantitative estimate of drug-likeness (QED) is 0.240. The van der Waals surface area contributed by atoms with Gasteiger partial charge in [-0.05, 0) is 47.7 Å². The van der Waals surface area contributed by atoms with Crippen LogP contribution in [-0.2, 0) is 37.3 Å². The van der Waals surface area contributed by atoms with Crippen LogP contribution in [0.3, 0.4) is 0 Å². The van der Waals surface area contributed by atoms with Gasteiger partial charge in [-0.1, -0.05) is 18.2 Å². The molecule has 0 atom stereocenters. The van der Waals surface area contributed by atoms with Crippen LogP contribution in [0.15, 0.2) is 48.3 Å². The van der Waals surface area contributed by atoms with Crippen molar-refractivity contribution in [2.45, 2.75) is 57.7 Å². The van der Waals surface area contributed by atoms with E-state index in [-0.39, 0.29) is 17.5 Å². The van der Waals surface area contributed by atoms with Crippen molar-refractivity contribution in [2.24, 2.45) is 0 Å². The first-order valence-corrected chi connectivity index (χ1v) is 14.4. The molecule has 1 saturated heterocycles. The van der Waals surface area contributed by atoms with Gasteiger partial charge in [-0.2, -0.15) is 23.5 Å². The number of allylic oxidation sites excluding steroid dienone is 1. The molecule has 1 aliphatic heterocycles. The fourth-order valence-electron chi connectivity index (χ4n) is 5.53. The number of anilines is 1. The number of nitrogens with zero attached hydrogens (tertiary/aromatic N) is 4. The minimum absolute atomic E-state index is 0.176. The van der Waals surface area contributed by atoms with Crippen LogP contribution in [0.5, 0.6) is 0 Å². The Labute approximate surface area is 239 Å². The van der Waals surface area contributed by atoms with Crippen LogP contribution in [0.1, 0.15) is 45.7 Å². The molecular formula is C30H29F3N6OS. The molecule has 6 rings (SSSR count). The summed E-state index contributed by atoms with van der Waals surface area (Å²) in [6.45, 7) is 3.25. The molecule has 2 aliphatic rings. The molecule has 0 bridgehead atoms. The molecule has 0 amide bonds. The highest BCUT2D eigenvalue weighted by atomic mass is 32.1. The molecule has 2 N–H and O–H groups in total. The Hall–Kier alpha value is -3.72. The van der Waals surface area contributed by atoms with Gasteiger partial charge in [0.15, 0.2) is 0 Å².